The number of carbonyl (C=O) groups excluding carboxylic acids is 1. The van der Waals surface area contributed by atoms with Gasteiger partial charge in [0.1, 0.15) is 28.9 Å². The number of hydrogen-bond donors (Lipinski definition) is 2. The van der Waals surface area contributed by atoms with Gasteiger partial charge in [-0.3, -0.25) is 14.6 Å². The predicted octanol–water partition coefficient (Wildman–Crippen LogP) is 3.51. The normalized spacial score (nSPS) is 11.7. The maximum atomic E-state index is 14.2. The van der Waals surface area contributed by atoms with Crippen molar-refractivity contribution in [2.24, 2.45) is 0 Å². The van der Waals surface area contributed by atoms with Gasteiger partial charge in [-0.2, -0.15) is 10.2 Å². The summed E-state index contributed by atoms with van der Waals surface area (Å²) in [5, 5.41) is 14.1. The van der Waals surface area contributed by atoms with E-state index in [1.54, 1.807) is 4.68 Å². The molecule has 12 heteroatoms. The molecule has 0 bridgehead atoms. The molecule has 0 spiro atoms. The summed E-state index contributed by atoms with van der Waals surface area (Å²) in [6, 6.07) is 4.20. The lowest BCUT2D eigenvalue weighted by Gasteiger charge is -2.17. The molecule has 0 radical (unpaired) electrons. The number of aromatic amines is 1. The van der Waals surface area contributed by atoms with Gasteiger partial charge in [-0.05, 0) is 18.2 Å². The highest BCUT2D eigenvalue weighted by atomic mass is 28.3. The van der Waals surface area contributed by atoms with Crippen LogP contribution in [0, 0.1) is 5.82 Å². The topological polar surface area (TPSA) is 120 Å². The third-order valence-corrected chi connectivity index (χ3v) is 6.00. The summed E-state index contributed by atoms with van der Waals surface area (Å²) in [5.41, 5.74) is 2.37. The fourth-order valence-electron chi connectivity index (χ4n) is 3.43. The number of nitrogens with one attached hydrogen (secondary N) is 2. The van der Waals surface area contributed by atoms with Crippen molar-refractivity contribution in [3.05, 3.63) is 48.4 Å². The Kier molecular flexibility index (Phi) is 6.70. The van der Waals surface area contributed by atoms with Crippen molar-refractivity contribution in [1.29, 1.82) is 0 Å². The number of nitrogens with zero attached hydrogens (tertiary/aromatic N) is 5. The van der Waals surface area contributed by atoms with Crippen LogP contribution in [0.2, 0.25) is 19.6 Å². The molecule has 4 aromatic rings. The second-order valence-corrected chi connectivity index (χ2v) is 14.3. The van der Waals surface area contributed by atoms with Gasteiger partial charge in [-0.1, -0.05) is 19.6 Å². The van der Waals surface area contributed by atoms with Crippen molar-refractivity contribution in [3.63, 3.8) is 0 Å². The maximum Gasteiger partial charge on any atom is 0.278 e. The molecule has 4 rings (SSSR count). The molecule has 3 aromatic heterocycles. The fraction of sp³-hybridized carbons (Fsp3) is 0.318. The molecule has 34 heavy (non-hydrogen) atoms. The number of carbonyl (C=O) groups is 1. The first-order valence-electron chi connectivity index (χ1n) is 10.7. The zero-order valence-corrected chi connectivity index (χ0v) is 20.4. The van der Waals surface area contributed by atoms with Gasteiger partial charge in [0.25, 0.3) is 5.91 Å². The summed E-state index contributed by atoms with van der Waals surface area (Å²) in [6.45, 7) is 7.50. The number of fused-ring (bicyclic) bond motifs is 1. The van der Waals surface area contributed by atoms with Gasteiger partial charge >= 0.3 is 0 Å². The second-order valence-electron chi connectivity index (χ2n) is 8.90. The number of methoxy groups -OCH3 is 1. The highest BCUT2D eigenvalue weighted by Crippen LogP contribution is 2.36. The van der Waals surface area contributed by atoms with Gasteiger partial charge in [-0.15, -0.1) is 0 Å². The molecule has 0 saturated heterocycles. The Hall–Kier alpha value is -3.64. The van der Waals surface area contributed by atoms with Crippen LogP contribution in [0.1, 0.15) is 10.5 Å². The van der Waals surface area contributed by atoms with Gasteiger partial charge in [0.05, 0.1) is 52.1 Å². The zero-order chi connectivity index (χ0) is 24.3. The number of rotatable bonds is 9. The Balaban J connectivity index is 1.67. The van der Waals surface area contributed by atoms with Crippen LogP contribution >= 0.6 is 0 Å². The van der Waals surface area contributed by atoms with E-state index >= 15 is 0 Å². The number of halogens is 1. The van der Waals surface area contributed by atoms with Crippen LogP contribution in [-0.4, -0.2) is 63.9 Å². The van der Waals surface area contributed by atoms with Gasteiger partial charge in [-0.25, -0.2) is 14.4 Å². The van der Waals surface area contributed by atoms with Gasteiger partial charge in [0, 0.05) is 11.8 Å². The van der Waals surface area contributed by atoms with E-state index in [0.29, 0.717) is 53.1 Å². The Morgan fingerprint density at radius 3 is 2.85 bits per heavy atom. The Morgan fingerprint density at radius 2 is 2.09 bits per heavy atom. The number of benzene rings is 1. The number of anilines is 1. The van der Waals surface area contributed by atoms with Crippen molar-refractivity contribution in [1.82, 2.24) is 29.9 Å². The maximum absolute atomic E-state index is 14.2. The minimum absolute atomic E-state index is 0.112. The summed E-state index contributed by atoms with van der Waals surface area (Å²) < 4.78 is 27.2. The lowest BCUT2D eigenvalue weighted by molar-refractivity contribution is 0.102. The van der Waals surface area contributed by atoms with Crippen LogP contribution in [0.5, 0.6) is 5.75 Å². The molecular formula is C22H26FN7O3Si. The lowest BCUT2D eigenvalue weighted by atomic mass is 10.1. The summed E-state index contributed by atoms with van der Waals surface area (Å²) in [6.07, 6.45) is 5.11. The minimum Gasteiger partial charge on any atom is -0.496 e. The molecule has 3 heterocycles. The first-order chi connectivity index (χ1) is 16.3. The largest absolute Gasteiger partial charge is 0.496 e. The van der Waals surface area contributed by atoms with Crippen molar-refractivity contribution < 1.29 is 18.7 Å². The third-order valence-electron chi connectivity index (χ3n) is 4.93. The molecule has 10 nitrogen and oxygen atoms in total. The van der Waals surface area contributed by atoms with Crippen molar-refractivity contribution in [3.8, 4) is 17.0 Å². The number of amides is 1. The average molecular weight is 484 g/mol. The monoisotopic (exact) mass is 483 g/mol. The Bertz CT molecular complexity index is 1320. The molecule has 2 N–H and O–H groups in total. The first-order valence-corrected chi connectivity index (χ1v) is 14.4. The SMILES string of the molecule is COc1ccc(F)cc1-c1c(NC(=O)c2n[nH]c3cncnc23)cnn1CCOC[Si](C)(C)C. The Morgan fingerprint density at radius 1 is 1.26 bits per heavy atom. The number of ether oxygens (including phenoxy) is 2. The standard InChI is InChI=1S/C22H26FN7O3Si/c1-32-18-6-5-14(23)9-15(18)21-17(11-26-30(21)7-8-33-13-34(2,3)4)27-22(31)20-19-16(28-29-20)10-24-12-25-19/h5-6,9-12H,7-8,13H2,1-4H3,(H,27,31)(H,28,29). The molecule has 0 fully saturated rings. The molecule has 178 valence electrons. The molecule has 0 aliphatic heterocycles. The van der Waals surface area contributed by atoms with Crippen LogP contribution in [0.3, 0.4) is 0 Å². The summed E-state index contributed by atoms with van der Waals surface area (Å²) in [4.78, 5) is 21.1. The van der Waals surface area contributed by atoms with Crippen molar-refractivity contribution in [2.45, 2.75) is 26.2 Å². The highest BCUT2D eigenvalue weighted by Gasteiger charge is 2.22. The van der Waals surface area contributed by atoms with Gasteiger partial charge in [0.15, 0.2) is 5.69 Å². The molecule has 0 atom stereocenters. The number of H-pyrrole nitrogens is 1. The summed E-state index contributed by atoms with van der Waals surface area (Å²) in [5.74, 6) is -0.485. The molecule has 0 saturated carbocycles. The van der Waals surface area contributed by atoms with Crippen LogP contribution in [0.4, 0.5) is 10.1 Å². The van der Waals surface area contributed by atoms with Gasteiger partial charge in [0.2, 0.25) is 0 Å². The zero-order valence-electron chi connectivity index (χ0n) is 19.4. The van der Waals surface area contributed by atoms with E-state index in [-0.39, 0.29) is 5.69 Å². The van der Waals surface area contributed by atoms with E-state index in [9.17, 15) is 9.18 Å². The van der Waals surface area contributed by atoms with E-state index in [2.05, 4.69) is 50.2 Å². The highest BCUT2D eigenvalue weighted by molar-refractivity contribution is 6.76. The average Bonchev–Trinajstić information content (AvgIpc) is 3.40. The van der Waals surface area contributed by atoms with Crippen LogP contribution in [0.25, 0.3) is 22.3 Å². The third kappa shape index (κ3) is 5.12. The molecule has 1 aromatic carbocycles. The molecule has 0 aliphatic carbocycles. The molecular weight excluding hydrogens is 457 g/mol. The van der Waals surface area contributed by atoms with Crippen LogP contribution < -0.4 is 10.1 Å². The molecule has 0 aliphatic rings. The van der Waals surface area contributed by atoms with Crippen LogP contribution in [0.15, 0.2) is 36.9 Å². The second kappa shape index (κ2) is 9.69. The quantitative estimate of drug-likeness (QED) is 0.276. The minimum atomic E-state index is -1.36. The van der Waals surface area contributed by atoms with Gasteiger partial charge < -0.3 is 14.8 Å². The number of aromatic nitrogens is 6. The van der Waals surface area contributed by atoms with E-state index in [1.807, 2.05) is 0 Å². The van der Waals surface area contributed by atoms with Crippen molar-refractivity contribution >= 4 is 30.7 Å². The molecule has 1 amide bonds. The summed E-state index contributed by atoms with van der Waals surface area (Å²) in [7, 11) is 0.138. The Labute approximate surface area is 196 Å². The first kappa shape index (κ1) is 23.5. The van der Waals surface area contributed by atoms with Crippen molar-refractivity contribution in [2.75, 3.05) is 25.3 Å². The van der Waals surface area contributed by atoms with E-state index in [0.717, 1.165) is 0 Å². The van der Waals surface area contributed by atoms with E-state index in [1.165, 1.54) is 44.0 Å². The number of hydrogen-bond acceptors (Lipinski definition) is 7. The fourth-order valence-corrected chi connectivity index (χ4v) is 4.19. The van der Waals surface area contributed by atoms with E-state index < -0.39 is 19.8 Å². The molecule has 0 unspecified atom stereocenters. The predicted molar refractivity (Wildman–Crippen MR) is 128 cm³/mol. The van der Waals surface area contributed by atoms with Crippen LogP contribution in [-0.2, 0) is 11.3 Å². The lowest BCUT2D eigenvalue weighted by Crippen LogP contribution is -2.29. The van der Waals surface area contributed by atoms with E-state index in [4.69, 9.17) is 9.47 Å². The smallest absolute Gasteiger partial charge is 0.278 e. The summed E-state index contributed by atoms with van der Waals surface area (Å²) >= 11 is 0.